The number of amides is 1. The van der Waals surface area contributed by atoms with Crippen LogP contribution in [-0.2, 0) is 0 Å². The zero-order chi connectivity index (χ0) is 13.5. The molecule has 0 spiro atoms. The van der Waals surface area contributed by atoms with Crippen LogP contribution in [0.1, 0.15) is 30.6 Å². The average Bonchev–Trinajstić information content (AvgIpc) is 2.36. The summed E-state index contributed by atoms with van der Waals surface area (Å²) in [4.78, 5) is 25.8. The fourth-order valence-corrected chi connectivity index (χ4v) is 1.37. The first-order valence-electron chi connectivity index (χ1n) is 5.76. The first-order valence-corrected chi connectivity index (χ1v) is 5.76. The van der Waals surface area contributed by atoms with Crippen molar-refractivity contribution in [1.82, 2.24) is 10.3 Å². The van der Waals surface area contributed by atoms with E-state index in [1.807, 2.05) is 6.92 Å². The Morgan fingerprint density at radius 1 is 1.50 bits per heavy atom. The number of nitrogens with zero attached hydrogens (tertiary/aromatic N) is 2. The van der Waals surface area contributed by atoms with E-state index in [9.17, 15) is 14.9 Å². The lowest BCUT2D eigenvalue weighted by molar-refractivity contribution is -0.385. The van der Waals surface area contributed by atoms with E-state index < -0.39 is 4.92 Å². The highest BCUT2D eigenvalue weighted by molar-refractivity contribution is 5.99. The third-order valence-corrected chi connectivity index (χ3v) is 2.21. The van der Waals surface area contributed by atoms with Crippen molar-refractivity contribution in [3.63, 3.8) is 0 Å². The first kappa shape index (κ1) is 13.9. The van der Waals surface area contributed by atoms with Gasteiger partial charge in [-0.2, -0.15) is 0 Å². The second-order valence-electron chi connectivity index (χ2n) is 3.63. The average molecular weight is 252 g/mol. The molecule has 1 amide bonds. The van der Waals surface area contributed by atoms with E-state index in [4.69, 9.17) is 0 Å². The molecule has 1 rings (SSSR count). The van der Waals surface area contributed by atoms with E-state index >= 15 is 0 Å². The number of aromatic nitrogens is 1. The molecule has 18 heavy (non-hydrogen) atoms. The molecule has 0 fully saturated rings. The number of carbonyl (C=O) groups is 1. The number of hydrogen-bond acceptors (Lipinski definition) is 5. The largest absolute Gasteiger partial charge is 0.369 e. The van der Waals surface area contributed by atoms with Gasteiger partial charge in [0.25, 0.3) is 11.6 Å². The Bertz CT molecular complexity index is 448. The summed E-state index contributed by atoms with van der Waals surface area (Å²) in [5.41, 5.74) is -0.00204. The molecule has 0 unspecified atom stereocenters. The van der Waals surface area contributed by atoms with Crippen LogP contribution in [0, 0.1) is 10.1 Å². The first-order chi connectivity index (χ1) is 8.60. The Balaban J connectivity index is 3.09. The van der Waals surface area contributed by atoms with Gasteiger partial charge in [-0.15, -0.1) is 0 Å². The summed E-state index contributed by atoms with van der Waals surface area (Å²) in [6.07, 6.45) is 2.01. The molecule has 0 aromatic carbocycles. The Kier molecular flexibility index (Phi) is 5.04. The number of carbonyl (C=O) groups excluding carboxylic acids is 1. The van der Waals surface area contributed by atoms with Gasteiger partial charge in [0.05, 0.1) is 10.5 Å². The lowest BCUT2D eigenvalue weighted by Gasteiger charge is -2.09. The predicted molar refractivity (Wildman–Crippen MR) is 67.7 cm³/mol. The summed E-state index contributed by atoms with van der Waals surface area (Å²) >= 11 is 0. The van der Waals surface area contributed by atoms with Gasteiger partial charge in [-0.25, -0.2) is 4.98 Å². The molecule has 0 atom stereocenters. The highest BCUT2D eigenvalue weighted by Crippen LogP contribution is 2.19. The zero-order valence-corrected chi connectivity index (χ0v) is 10.4. The molecule has 0 radical (unpaired) electrons. The minimum atomic E-state index is -0.570. The summed E-state index contributed by atoms with van der Waals surface area (Å²) in [5, 5.41) is 16.2. The molecule has 0 aliphatic rings. The molecule has 1 aromatic rings. The van der Waals surface area contributed by atoms with E-state index in [0.717, 1.165) is 12.6 Å². The standard InChI is InChI=1S/C11H16N4O3/c1-3-5-13-10-9(11(16)12-4-2)6-8(7-14-10)15(17)18/h6-7H,3-5H2,1-2H3,(H,12,16)(H,13,14). The molecule has 0 bridgehead atoms. The second-order valence-corrected chi connectivity index (χ2v) is 3.63. The van der Waals surface area contributed by atoms with Gasteiger partial charge < -0.3 is 10.6 Å². The Morgan fingerprint density at radius 3 is 2.78 bits per heavy atom. The maximum atomic E-state index is 11.8. The van der Waals surface area contributed by atoms with Crippen molar-refractivity contribution < 1.29 is 9.72 Å². The van der Waals surface area contributed by atoms with E-state index in [1.165, 1.54) is 6.07 Å². The highest BCUT2D eigenvalue weighted by atomic mass is 16.6. The Hall–Kier alpha value is -2.18. The minimum absolute atomic E-state index is 0.194. The summed E-state index contributed by atoms with van der Waals surface area (Å²) in [6.45, 7) is 4.86. The number of pyridine rings is 1. The van der Waals surface area contributed by atoms with Gasteiger partial charge in [-0.1, -0.05) is 6.92 Å². The molecule has 98 valence electrons. The predicted octanol–water partition coefficient (Wildman–Crippen LogP) is 1.56. The van der Waals surface area contributed by atoms with Crippen LogP contribution in [-0.4, -0.2) is 28.9 Å². The van der Waals surface area contributed by atoms with Gasteiger partial charge in [0, 0.05) is 19.2 Å². The zero-order valence-electron chi connectivity index (χ0n) is 10.4. The van der Waals surface area contributed by atoms with Crippen molar-refractivity contribution in [2.24, 2.45) is 0 Å². The molecule has 0 aliphatic carbocycles. The van der Waals surface area contributed by atoms with Crippen LogP contribution < -0.4 is 10.6 Å². The second kappa shape index (κ2) is 6.53. The molecule has 0 saturated carbocycles. The molecule has 1 aromatic heterocycles. The van der Waals surface area contributed by atoms with Gasteiger partial charge in [-0.05, 0) is 13.3 Å². The number of rotatable bonds is 6. The third-order valence-electron chi connectivity index (χ3n) is 2.21. The highest BCUT2D eigenvalue weighted by Gasteiger charge is 2.17. The van der Waals surface area contributed by atoms with Crippen molar-refractivity contribution in [3.05, 3.63) is 27.9 Å². The molecule has 7 heteroatoms. The van der Waals surface area contributed by atoms with E-state index in [-0.39, 0.29) is 17.2 Å². The van der Waals surface area contributed by atoms with E-state index in [1.54, 1.807) is 6.92 Å². The van der Waals surface area contributed by atoms with Crippen molar-refractivity contribution in [3.8, 4) is 0 Å². The monoisotopic (exact) mass is 252 g/mol. The van der Waals surface area contributed by atoms with Crippen LogP contribution in [0.4, 0.5) is 11.5 Å². The van der Waals surface area contributed by atoms with Gasteiger partial charge >= 0.3 is 0 Å². The summed E-state index contributed by atoms with van der Waals surface area (Å²) < 4.78 is 0. The van der Waals surface area contributed by atoms with Gasteiger partial charge in [0.15, 0.2) is 0 Å². The quantitative estimate of drug-likeness (QED) is 0.591. The summed E-state index contributed by atoms with van der Waals surface area (Å²) in [6, 6.07) is 1.23. The van der Waals surface area contributed by atoms with Crippen molar-refractivity contribution >= 4 is 17.4 Å². The molecule has 1 heterocycles. The normalized spacial score (nSPS) is 9.89. The molecule has 0 aliphatic heterocycles. The van der Waals surface area contributed by atoms with E-state index in [2.05, 4.69) is 15.6 Å². The maximum Gasteiger partial charge on any atom is 0.288 e. The summed E-state index contributed by atoms with van der Waals surface area (Å²) in [5.74, 6) is 0.000651. The lowest BCUT2D eigenvalue weighted by Crippen LogP contribution is -2.24. The van der Waals surface area contributed by atoms with Crippen LogP contribution in [0.3, 0.4) is 0 Å². The molecule has 0 saturated heterocycles. The van der Waals surface area contributed by atoms with Crippen molar-refractivity contribution in [2.75, 3.05) is 18.4 Å². The van der Waals surface area contributed by atoms with Crippen LogP contribution in [0.2, 0.25) is 0 Å². The number of nitrogens with one attached hydrogen (secondary N) is 2. The fourth-order valence-electron chi connectivity index (χ4n) is 1.37. The Labute approximate surface area is 105 Å². The molecular weight excluding hydrogens is 236 g/mol. The summed E-state index contributed by atoms with van der Waals surface area (Å²) in [7, 11) is 0. The number of hydrogen-bond donors (Lipinski definition) is 2. The number of nitro groups is 1. The lowest BCUT2D eigenvalue weighted by atomic mass is 10.2. The SMILES string of the molecule is CCCNc1ncc([N+](=O)[O-])cc1C(=O)NCC. The molecular formula is C11H16N4O3. The van der Waals surface area contributed by atoms with Crippen molar-refractivity contribution in [1.29, 1.82) is 0 Å². The third kappa shape index (κ3) is 3.41. The molecule has 7 nitrogen and oxygen atoms in total. The van der Waals surface area contributed by atoms with Crippen molar-refractivity contribution in [2.45, 2.75) is 20.3 Å². The van der Waals surface area contributed by atoms with Gasteiger partial charge in [0.1, 0.15) is 12.0 Å². The smallest absolute Gasteiger partial charge is 0.288 e. The van der Waals surface area contributed by atoms with Gasteiger partial charge in [-0.3, -0.25) is 14.9 Å². The van der Waals surface area contributed by atoms with Gasteiger partial charge in [0.2, 0.25) is 0 Å². The topological polar surface area (TPSA) is 97.2 Å². The van der Waals surface area contributed by atoms with Crippen LogP contribution in [0.15, 0.2) is 12.3 Å². The fraction of sp³-hybridized carbons (Fsp3) is 0.455. The number of anilines is 1. The van der Waals surface area contributed by atoms with Crippen LogP contribution in [0.5, 0.6) is 0 Å². The maximum absolute atomic E-state index is 11.8. The van der Waals surface area contributed by atoms with Crippen LogP contribution >= 0.6 is 0 Å². The Morgan fingerprint density at radius 2 is 2.22 bits per heavy atom. The van der Waals surface area contributed by atoms with E-state index in [0.29, 0.717) is 18.9 Å². The van der Waals surface area contributed by atoms with Crippen LogP contribution in [0.25, 0.3) is 0 Å². The molecule has 2 N–H and O–H groups in total. The minimum Gasteiger partial charge on any atom is -0.369 e.